The minimum absolute atomic E-state index is 0.0706. The van der Waals surface area contributed by atoms with Crippen molar-refractivity contribution in [2.24, 2.45) is 5.92 Å². The lowest BCUT2D eigenvalue weighted by molar-refractivity contribution is 0.0874. The summed E-state index contributed by atoms with van der Waals surface area (Å²) in [6.07, 6.45) is 0.963. The maximum atomic E-state index is 13.4. The molecule has 6 heteroatoms. The molecule has 1 aliphatic rings. The van der Waals surface area contributed by atoms with Gasteiger partial charge in [0.2, 0.25) is 0 Å². The van der Waals surface area contributed by atoms with Crippen LogP contribution in [0.1, 0.15) is 37.4 Å². The fraction of sp³-hybridized carbons (Fsp3) is 0.435. The number of benzene rings is 2. The zero-order valence-corrected chi connectivity index (χ0v) is 18.7. The molecular weight excluding hydrogens is 405 g/mol. The Morgan fingerprint density at radius 2 is 1.93 bits per heavy atom. The standard InChI is InChI=1S/C23H29Cl2N3O/c1-16-14-27(3)13-12-21(16)28(15-18-8-5-4-6-9-18)23(29)26-17(2)19-10-7-11-20(24)22(19)25/h4-11,16-17,21H,12-15H2,1-3H3,(H,26,29). The van der Waals surface area contributed by atoms with Crippen molar-refractivity contribution in [2.45, 2.75) is 38.9 Å². The van der Waals surface area contributed by atoms with Gasteiger partial charge in [-0.25, -0.2) is 4.79 Å². The van der Waals surface area contributed by atoms with Gasteiger partial charge in [0.15, 0.2) is 0 Å². The lowest BCUT2D eigenvalue weighted by atomic mass is 9.92. The predicted octanol–water partition coefficient (Wildman–Crippen LogP) is 5.61. The number of nitrogens with one attached hydrogen (secondary N) is 1. The minimum atomic E-state index is -0.242. The Hall–Kier alpha value is -1.75. The minimum Gasteiger partial charge on any atom is -0.331 e. The molecule has 0 spiro atoms. The van der Waals surface area contributed by atoms with Gasteiger partial charge in [0.25, 0.3) is 0 Å². The summed E-state index contributed by atoms with van der Waals surface area (Å²) in [7, 11) is 2.14. The smallest absolute Gasteiger partial charge is 0.318 e. The topological polar surface area (TPSA) is 35.6 Å². The second-order valence-electron chi connectivity index (χ2n) is 8.02. The average molecular weight is 434 g/mol. The summed E-state index contributed by atoms with van der Waals surface area (Å²) in [5.41, 5.74) is 1.95. The molecule has 0 saturated carbocycles. The van der Waals surface area contributed by atoms with Crippen LogP contribution in [0.2, 0.25) is 10.0 Å². The van der Waals surface area contributed by atoms with Crippen molar-refractivity contribution in [2.75, 3.05) is 20.1 Å². The number of piperidine rings is 1. The van der Waals surface area contributed by atoms with Gasteiger partial charge in [-0.05, 0) is 50.0 Å². The van der Waals surface area contributed by atoms with Crippen LogP contribution in [-0.2, 0) is 6.54 Å². The Labute approximate surface area is 183 Å². The van der Waals surface area contributed by atoms with Gasteiger partial charge in [0.05, 0.1) is 16.1 Å². The van der Waals surface area contributed by atoms with Crippen LogP contribution in [0.25, 0.3) is 0 Å². The van der Waals surface area contributed by atoms with Crippen molar-refractivity contribution in [1.29, 1.82) is 0 Å². The maximum Gasteiger partial charge on any atom is 0.318 e. The van der Waals surface area contributed by atoms with Crippen LogP contribution in [0.4, 0.5) is 4.79 Å². The number of hydrogen-bond acceptors (Lipinski definition) is 2. The molecule has 1 fully saturated rings. The highest BCUT2D eigenvalue weighted by Crippen LogP contribution is 2.30. The lowest BCUT2D eigenvalue weighted by Gasteiger charge is -2.42. The first-order valence-corrected chi connectivity index (χ1v) is 10.9. The summed E-state index contributed by atoms with van der Waals surface area (Å²) in [6.45, 7) is 6.72. The molecule has 1 heterocycles. The molecule has 4 nitrogen and oxygen atoms in total. The third kappa shape index (κ3) is 5.44. The Balaban J connectivity index is 1.80. The predicted molar refractivity (Wildman–Crippen MR) is 120 cm³/mol. The molecule has 3 atom stereocenters. The monoisotopic (exact) mass is 433 g/mol. The molecule has 1 N–H and O–H groups in total. The van der Waals surface area contributed by atoms with E-state index in [1.807, 2.05) is 42.2 Å². The van der Waals surface area contributed by atoms with Crippen molar-refractivity contribution in [3.05, 3.63) is 69.7 Å². The van der Waals surface area contributed by atoms with Crippen LogP contribution in [-0.4, -0.2) is 42.0 Å². The Morgan fingerprint density at radius 1 is 1.21 bits per heavy atom. The largest absolute Gasteiger partial charge is 0.331 e. The van der Waals surface area contributed by atoms with E-state index < -0.39 is 0 Å². The Morgan fingerprint density at radius 3 is 2.62 bits per heavy atom. The van der Waals surface area contributed by atoms with E-state index in [1.54, 1.807) is 6.07 Å². The molecule has 1 saturated heterocycles. The molecule has 2 aromatic carbocycles. The van der Waals surface area contributed by atoms with Crippen molar-refractivity contribution in [3.63, 3.8) is 0 Å². The van der Waals surface area contributed by atoms with Gasteiger partial charge in [-0.2, -0.15) is 0 Å². The normalized spacial score (nSPS) is 20.9. The number of likely N-dealkylation sites (tertiary alicyclic amines) is 1. The van der Waals surface area contributed by atoms with E-state index >= 15 is 0 Å². The first-order chi connectivity index (χ1) is 13.9. The van der Waals surface area contributed by atoms with Crippen LogP contribution in [0, 0.1) is 5.92 Å². The number of carbonyl (C=O) groups excluding carboxylic acids is 1. The highest BCUT2D eigenvalue weighted by Gasteiger charge is 2.33. The van der Waals surface area contributed by atoms with E-state index in [2.05, 4.69) is 36.3 Å². The van der Waals surface area contributed by atoms with Crippen LogP contribution >= 0.6 is 23.2 Å². The number of carbonyl (C=O) groups is 1. The number of rotatable bonds is 5. The number of hydrogen-bond donors (Lipinski definition) is 1. The fourth-order valence-corrected chi connectivity index (χ4v) is 4.60. The molecule has 2 amide bonds. The third-order valence-corrected chi connectivity index (χ3v) is 6.54. The van der Waals surface area contributed by atoms with Gasteiger partial charge >= 0.3 is 6.03 Å². The van der Waals surface area contributed by atoms with Crippen LogP contribution in [0.15, 0.2) is 48.5 Å². The van der Waals surface area contributed by atoms with E-state index in [9.17, 15) is 4.79 Å². The van der Waals surface area contributed by atoms with E-state index in [-0.39, 0.29) is 18.1 Å². The van der Waals surface area contributed by atoms with Crippen molar-refractivity contribution in [1.82, 2.24) is 15.1 Å². The molecule has 1 aliphatic heterocycles. The first-order valence-electron chi connectivity index (χ1n) is 10.1. The third-order valence-electron chi connectivity index (χ3n) is 5.71. The van der Waals surface area contributed by atoms with Gasteiger partial charge in [-0.1, -0.05) is 72.6 Å². The molecule has 3 unspecified atom stereocenters. The zero-order valence-electron chi connectivity index (χ0n) is 17.2. The summed E-state index contributed by atoms with van der Waals surface area (Å²) in [5.74, 6) is 0.397. The van der Waals surface area contributed by atoms with E-state index in [0.29, 0.717) is 22.5 Å². The second-order valence-corrected chi connectivity index (χ2v) is 8.81. The molecule has 0 bridgehead atoms. The van der Waals surface area contributed by atoms with Crippen molar-refractivity contribution < 1.29 is 4.79 Å². The SMILES string of the molecule is CC(NC(=O)N(Cc1ccccc1)C1CCN(C)CC1C)c1cccc(Cl)c1Cl. The summed E-state index contributed by atoms with van der Waals surface area (Å²) in [4.78, 5) is 17.7. The summed E-state index contributed by atoms with van der Waals surface area (Å²) in [6, 6.07) is 15.5. The zero-order chi connectivity index (χ0) is 21.0. The molecule has 156 valence electrons. The highest BCUT2D eigenvalue weighted by molar-refractivity contribution is 6.42. The first kappa shape index (κ1) is 21.9. The van der Waals surface area contributed by atoms with Crippen LogP contribution < -0.4 is 5.32 Å². The van der Waals surface area contributed by atoms with Gasteiger partial charge in [0.1, 0.15) is 0 Å². The van der Waals surface area contributed by atoms with E-state index in [1.165, 1.54) is 0 Å². The molecule has 0 aromatic heterocycles. The van der Waals surface area contributed by atoms with Crippen molar-refractivity contribution >= 4 is 29.2 Å². The van der Waals surface area contributed by atoms with Crippen molar-refractivity contribution in [3.8, 4) is 0 Å². The molecular formula is C23H29Cl2N3O. The highest BCUT2D eigenvalue weighted by atomic mass is 35.5. The quantitative estimate of drug-likeness (QED) is 0.664. The summed E-state index contributed by atoms with van der Waals surface area (Å²) in [5, 5.41) is 4.13. The maximum absolute atomic E-state index is 13.4. The number of urea groups is 1. The second kappa shape index (κ2) is 9.84. The number of amides is 2. The van der Waals surface area contributed by atoms with Crippen LogP contribution in [0.5, 0.6) is 0 Å². The number of halogens is 2. The van der Waals surface area contributed by atoms with E-state index in [4.69, 9.17) is 23.2 Å². The molecule has 3 rings (SSSR count). The Bertz CT molecular complexity index is 830. The van der Waals surface area contributed by atoms with Gasteiger partial charge < -0.3 is 15.1 Å². The summed E-state index contributed by atoms with van der Waals surface area (Å²) < 4.78 is 0. The van der Waals surface area contributed by atoms with Gasteiger partial charge in [-0.3, -0.25) is 0 Å². The van der Waals surface area contributed by atoms with Crippen LogP contribution in [0.3, 0.4) is 0 Å². The molecule has 0 radical (unpaired) electrons. The Kier molecular flexibility index (Phi) is 7.44. The molecule has 2 aromatic rings. The summed E-state index contributed by atoms with van der Waals surface area (Å²) >= 11 is 12.5. The lowest BCUT2D eigenvalue weighted by Crippen LogP contribution is -2.53. The molecule has 0 aliphatic carbocycles. The average Bonchev–Trinajstić information content (AvgIpc) is 2.69. The van der Waals surface area contributed by atoms with Gasteiger partial charge in [0, 0.05) is 19.1 Å². The van der Waals surface area contributed by atoms with E-state index in [0.717, 1.165) is 30.6 Å². The fourth-order valence-electron chi connectivity index (χ4n) is 4.13. The van der Waals surface area contributed by atoms with Gasteiger partial charge in [-0.15, -0.1) is 0 Å². The number of nitrogens with zero attached hydrogens (tertiary/aromatic N) is 2. The molecule has 29 heavy (non-hydrogen) atoms.